The number of carbonyl (C=O) groups excluding carboxylic acids is 1. The van der Waals surface area contributed by atoms with Crippen LogP contribution in [-0.4, -0.2) is 22.7 Å². The van der Waals surface area contributed by atoms with E-state index in [9.17, 15) is 4.79 Å². The summed E-state index contributed by atoms with van der Waals surface area (Å²) >= 11 is 3.01. The molecule has 0 atom stereocenters. The molecule has 1 N–H and O–H groups in total. The summed E-state index contributed by atoms with van der Waals surface area (Å²) in [6.07, 6.45) is 1.03. The van der Waals surface area contributed by atoms with E-state index in [-0.39, 0.29) is 5.91 Å². The number of nitrogens with one attached hydrogen (secondary N) is 1. The molecule has 1 aromatic heterocycles. The SMILES string of the molecule is Cc1cccc(OCCCC(=O)Nc2nnc(SCc3ccccc3)s2)c1. The highest BCUT2D eigenvalue weighted by Gasteiger charge is 2.09. The molecule has 0 aliphatic carbocycles. The maximum Gasteiger partial charge on any atom is 0.226 e. The van der Waals surface area contributed by atoms with Crippen molar-refractivity contribution in [1.82, 2.24) is 10.2 Å². The molecule has 0 spiro atoms. The molecule has 3 rings (SSSR count). The minimum Gasteiger partial charge on any atom is -0.494 e. The summed E-state index contributed by atoms with van der Waals surface area (Å²) in [5, 5.41) is 11.5. The van der Waals surface area contributed by atoms with E-state index < -0.39 is 0 Å². The highest BCUT2D eigenvalue weighted by molar-refractivity contribution is 8.00. The molecule has 0 aliphatic heterocycles. The lowest BCUT2D eigenvalue weighted by Gasteiger charge is -2.06. The Balaban J connectivity index is 1.36. The number of benzene rings is 2. The molecule has 5 nitrogen and oxygen atoms in total. The van der Waals surface area contributed by atoms with Crippen LogP contribution in [0.5, 0.6) is 5.75 Å². The fourth-order valence-corrected chi connectivity index (χ4v) is 4.07. The van der Waals surface area contributed by atoms with Gasteiger partial charge in [0.05, 0.1) is 6.61 Å². The molecule has 27 heavy (non-hydrogen) atoms. The van der Waals surface area contributed by atoms with Crippen molar-refractivity contribution < 1.29 is 9.53 Å². The summed E-state index contributed by atoms with van der Waals surface area (Å²) in [4.78, 5) is 12.0. The summed E-state index contributed by atoms with van der Waals surface area (Å²) < 4.78 is 6.50. The van der Waals surface area contributed by atoms with Crippen molar-refractivity contribution in [2.75, 3.05) is 11.9 Å². The third-order valence-electron chi connectivity index (χ3n) is 3.66. The Morgan fingerprint density at radius 1 is 1.15 bits per heavy atom. The second-order valence-electron chi connectivity index (χ2n) is 5.96. The van der Waals surface area contributed by atoms with Crippen molar-refractivity contribution >= 4 is 34.1 Å². The van der Waals surface area contributed by atoms with Gasteiger partial charge in [-0.1, -0.05) is 65.6 Å². The van der Waals surface area contributed by atoms with Crippen LogP contribution >= 0.6 is 23.1 Å². The lowest BCUT2D eigenvalue weighted by atomic mass is 10.2. The zero-order valence-corrected chi connectivity index (χ0v) is 16.7. The third-order valence-corrected chi connectivity index (χ3v) is 5.71. The lowest BCUT2D eigenvalue weighted by Crippen LogP contribution is -2.12. The molecule has 7 heteroatoms. The minimum absolute atomic E-state index is 0.0707. The predicted octanol–water partition coefficient (Wildman–Crippen LogP) is 4.94. The molecule has 0 unspecified atom stereocenters. The van der Waals surface area contributed by atoms with Crippen LogP contribution in [0.4, 0.5) is 5.13 Å². The fraction of sp³-hybridized carbons (Fsp3) is 0.250. The van der Waals surface area contributed by atoms with E-state index in [4.69, 9.17) is 4.74 Å². The lowest BCUT2D eigenvalue weighted by molar-refractivity contribution is -0.116. The molecule has 0 saturated carbocycles. The Labute approximate surface area is 167 Å². The van der Waals surface area contributed by atoms with Crippen LogP contribution < -0.4 is 10.1 Å². The zero-order chi connectivity index (χ0) is 18.9. The normalized spacial score (nSPS) is 10.6. The first kappa shape index (κ1) is 19.4. The number of thioether (sulfide) groups is 1. The molecule has 0 bridgehead atoms. The number of hydrogen-bond acceptors (Lipinski definition) is 6. The number of ether oxygens (including phenoxy) is 1. The quantitative estimate of drug-likeness (QED) is 0.314. The van der Waals surface area contributed by atoms with Crippen LogP contribution in [0.2, 0.25) is 0 Å². The Morgan fingerprint density at radius 2 is 2.00 bits per heavy atom. The number of aromatic nitrogens is 2. The van der Waals surface area contributed by atoms with E-state index in [0.717, 1.165) is 21.4 Å². The van der Waals surface area contributed by atoms with Crippen LogP contribution in [0.25, 0.3) is 0 Å². The van der Waals surface area contributed by atoms with E-state index in [1.165, 1.54) is 16.9 Å². The monoisotopic (exact) mass is 399 g/mol. The molecule has 0 aliphatic rings. The van der Waals surface area contributed by atoms with Gasteiger partial charge in [-0.25, -0.2) is 0 Å². The average molecular weight is 400 g/mol. The number of anilines is 1. The van der Waals surface area contributed by atoms with Gasteiger partial charge in [-0.15, -0.1) is 10.2 Å². The van der Waals surface area contributed by atoms with Crippen molar-refractivity contribution in [3.8, 4) is 5.75 Å². The van der Waals surface area contributed by atoms with Gasteiger partial charge in [-0.2, -0.15) is 0 Å². The first-order chi connectivity index (χ1) is 13.2. The average Bonchev–Trinajstić information content (AvgIpc) is 3.12. The summed E-state index contributed by atoms with van der Waals surface area (Å²) in [6, 6.07) is 18.1. The summed E-state index contributed by atoms with van der Waals surface area (Å²) in [7, 11) is 0. The molecule has 0 fully saturated rings. The Morgan fingerprint density at radius 3 is 2.81 bits per heavy atom. The van der Waals surface area contributed by atoms with Crippen molar-refractivity contribution in [3.05, 3.63) is 65.7 Å². The second-order valence-corrected chi connectivity index (χ2v) is 8.16. The smallest absolute Gasteiger partial charge is 0.226 e. The van der Waals surface area contributed by atoms with E-state index in [0.29, 0.717) is 24.6 Å². The maximum atomic E-state index is 12.0. The van der Waals surface area contributed by atoms with Gasteiger partial charge in [0.1, 0.15) is 5.75 Å². The maximum absolute atomic E-state index is 12.0. The Kier molecular flexibility index (Phi) is 7.24. The van der Waals surface area contributed by atoms with Gasteiger partial charge in [0.15, 0.2) is 4.34 Å². The largest absolute Gasteiger partial charge is 0.494 e. The first-order valence-electron chi connectivity index (χ1n) is 8.68. The second kappa shape index (κ2) is 10.1. The molecule has 3 aromatic rings. The van der Waals surface area contributed by atoms with E-state index >= 15 is 0 Å². The van der Waals surface area contributed by atoms with Gasteiger partial charge in [-0.05, 0) is 36.6 Å². The number of nitrogens with zero attached hydrogens (tertiary/aromatic N) is 2. The molecule has 2 aromatic carbocycles. The molecular formula is C20H21N3O2S2. The van der Waals surface area contributed by atoms with Gasteiger partial charge in [-0.3, -0.25) is 4.79 Å². The summed E-state index contributed by atoms with van der Waals surface area (Å²) in [6.45, 7) is 2.53. The molecule has 1 heterocycles. The van der Waals surface area contributed by atoms with Gasteiger partial charge in [0, 0.05) is 12.2 Å². The first-order valence-corrected chi connectivity index (χ1v) is 10.5. The number of rotatable bonds is 9. The Hall–Kier alpha value is -2.38. The minimum atomic E-state index is -0.0707. The topological polar surface area (TPSA) is 64.1 Å². The van der Waals surface area contributed by atoms with Crippen LogP contribution in [0.15, 0.2) is 58.9 Å². The van der Waals surface area contributed by atoms with E-state index in [1.807, 2.05) is 49.4 Å². The predicted molar refractivity (Wildman–Crippen MR) is 110 cm³/mol. The fourth-order valence-electron chi connectivity index (χ4n) is 2.35. The van der Waals surface area contributed by atoms with Crippen molar-refractivity contribution in [2.45, 2.75) is 29.9 Å². The van der Waals surface area contributed by atoms with Crippen molar-refractivity contribution in [3.63, 3.8) is 0 Å². The molecular weight excluding hydrogens is 378 g/mol. The van der Waals surface area contributed by atoms with Crippen molar-refractivity contribution in [1.29, 1.82) is 0 Å². The number of amides is 1. The molecule has 0 saturated heterocycles. The Bertz CT molecular complexity index is 868. The third kappa shape index (κ3) is 6.69. The van der Waals surface area contributed by atoms with E-state index in [1.54, 1.807) is 11.8 Å². The highest BCUT2D eigenvalue weighted by atomic mass is 32.2. The van der Waals surface area contributed by atoms with Crippen LogP contribution in [-0.2, 0) is 10.5 Å². The number of hydrogen-bond donors (Lipinski definition) is 1. The van der Waals surface area contributed by atoms with E-state index in [2.05, 4.69) is 27.6 Å². The molecule has 0 radical (unpaired) electrons. The summed E-state index contributed by atoms with van der Waals surface area (Å²) in [5.41, 5.74) is 2.39. The van der Waals surface area contributed by atoms with Gasteiger partial charge in [0.25, 0.3) is 0 Å². The van der Waals surface area contributed by atoms with Gasteiger partial charge < -0.3 is 10.1 Å². The molecule has 1 amide bonds. The standard InChI is InChI=1S/C20H21N3O2S2/c1-15-7-5-10-17(13-15)25-12-6-11-18(24)21-19-22-23-20(27-19)26-14-16-8-3-2-4-9-16/h2-5,7-10,13H,6,11-12,14H2,1H3,(H,21,22,24). The zero-order valence-electron chi connectivity index (χ0n) is 15.1. The van der Waals surface area contributed by atoms with Gasteiger partial charge >= 0.3 is 0 Å². The van der Waals surface area contributed by atoms with Crippen molar-refractivity contribution in [2.24, 2.45) is 0 Å². The number of carbonyl (C=O) groups is 1. The summed E-state index contributed by atoms with van der Waals surface area (Å²) in [5.74, 6) is 1.60. The highest BCUT2D eigenvalue weighted by Crippen LogP contribution is 2.28. The van der Waals surface area contributed by atoms with Gasteiger partial charge in [0.2, 0.25) is 11.0 Å². The van der Waals surface area contributed by atoms with Crippen LogP contribution in [0, 0.1) is 6.92 Å². The molecule has 140 valence electrons. The number of aryl methyl sites for hydroxylation is 1. The van der Waals surface area contributed by atoms with Crippen LogP contribution in [0.3, 0.4) is 0 Å². The van der Waals surface area contributed by atoms with Crippen LogP contribution in [0.1, 0.15) is 24.0 Å².